The van der Waals surface area contributed by atoms with Gasteiger partial charge >= 0.3 is 5.97 Å². The van der Waals surface area contributed by atoms with E-state index in [0.717, 1.165) is 10.9 Å². The number of aliphatic hydroxyl groups excluding tert-OH is 1. The predicted molar refractivity (Wildman–Crippen MR) is 174 cm³/mol. The summed E-state index contributed by atoms with van der Waals surface area (Å²) in [6, 6.07) is 22.6. The van der Waals surface area contributed by atoms with Gasteiger partial charge in [0.1, 0.15) is 24.3 Å². The maximum atomic E-state index is 14.2. The van der Waals surface area contributed by atoms with Crippen molar-refractivity contribution >= 4 is 51.7 Å². The highest BCUT2D eigenvalue weighted by Gasteiger charge is 2.40. The van der Waals surface area contributed by atoms with Crippen LogP contribution in [0.15, 0.2) is 91.1 Å². The van der Waals surface area contributed by atoms with Gasteiger partial charge in [-0.25, -0.2) is 0 Å². The van der Waals surface area contributed by atoms with Crippen molar-refractivity contribution in [2.75, 3.05) is 29.5 Å². The molecule has 2 aliphatic rings. The number of nitrogens with one attached hydrogen (secondary N) is 2. The molecule has 3 heterocycles. The van der Waals surface area contributed by atoms with Gasteiger partial charge < -0.3 is 30.1 Å². The first kappa shape index (κ1) is 32.3. The maximum absolute atomic E-state index is 14.2. The summed E-state index contributed by atoms with van der Waals surface area (Å²) in [4.78, 5) is 73.6. The standard InChI is InChI=1S/C35H33N5O8/c41-17-15-30(43)39-19-26(38-33(45)32-24-11-5-4-10-23(24)14-16-36-32)34(46)40(28-13-7-6-12-27(28)39)20-29(42)37-25-18-31(44)48-35(25)47-21-22-8-2-1-3-9-22/h1-14,16,25-26,35,41H,15,17-21H2,(H,37,42)(H,38,45)/t25-,26-,35?/m0/s1. The number of carbonyl (C=O) groups is 5. The molecule has 1 unspecified atom stereocenters. The largest absolute Gasteiger partial charge is 0.433 e. The summed E-state index contributed by atoms with van der Waals surface area (Å²) in [6.45, 7) is -1.05. The number of aromatic nitrogens is 1. The summed E-state index contributed by atoms with van der Waals surface area (Å²) >= 11 is 0. The zero-order chi connectivity index (χ0) is 33.6. The molecule has 0 radical (unpaired) electrons. The number of fused-ring (bicyclic) bond motifs is 2. The van der Waals surface area contributed by atoms with Gasteiger partial charge in [-0.1, -0.05) is 66.7 Å². The fourth-order valence-electron chi connectivity index (χ4n) is 5.80. The molecule has 4 aromatic rings. The number of hydrogen-bond acceptors (Lipinski definition) is 9. The molecule has 13 nitrogen and oxygen atoms in total. The lowest BCUT2D eigenvalue weighted by Gasteiger charge is -2.26. The van der Waals surface area contributed by atoms with Crippen LogP contribution >= 0.6 is 0 Å². The minimum absolute atomic E-state index is 0.0904. The number of pyridine rings is 1. The average Bonchev–Trinajstić information content (AvgIpc) is 3.40. The minimum Gasteiger partial charge on any atom is -0.433 e. The van der Waals surface area contributed by atoms with E-state index in [4.69, 9.17) is 9.47 Å². The molecular weight excluding hydrogens is 618 g/mol. The Labute approximate surface area is 275 Å². The molecule has 1 fully saturated rings. The van der Waals surface area contributed by atoms with Crippen molar-refractivity contribution in [3.8, 4) is 0 Å². The molecule has 48 heavy (non-hydrogen) atoms. The number of hydrogen-bond donors (Lipinski definition) is 3. The van der Waals surface area contributed by atoms with Gasteiger partial charge in [-0.15, -0.1) is 0 Å². The van der Waals surface area contributed by atoms with Crippen LogP contribution in [-0.2, 0) is 35.3 Å². The second-order valence-corrected chi connectivity index (χ2v) is 11.3. The fraction of sp³-hybridized carbons (Fsp3) is 0.257. The molecule has 2 aliphatic heterocycles. The zero-order valence-electron chi connectivity index (χ0n) is 25.8. The molecule has 1 saturated heterocycles. The van der Waals surface area contributed by atoms with Crippen LogP contribution in [0.5, 0.6) is 0 Å². The van der Waals surface area contributed by atoms with Crippen molar-refractivity contribution in [1.82, 2.24) is 15.6 Å². The third-order valence-corrected chi connectivity index (χ3v) is 8.08. The second-order valence-electron chi connectivity index (χ2n) is 11.3. The molecule has 3 aromatic carbocycles. The number of rotatable bonds is 10. The predicted octanol–water partition coefficient (Wildman–Crippen LogP) is 2.07. The van der Waals surface area contributed by atoms with Crippen molar-refractivity contribution in [3.63, 3.8) is 0 Å². The van der Waals surface area contributed by atoms with Crippen molar-refractivity contribution in [1.29, 1.82) is 0 Å². The molecule has 3 atom stereocenters. The second kappa shape index (κ2) is 14.4. The summed E-state index contributed by atoms with van der Waals surface area (Å²) in [5.74, 6) is -2.94. The van der Waals surface area contributed by atoms with Gasteiger partial charge in [-0.05, 0) is 29.1 Å². The van der Waals surface area contributed by atoms with Crippen LogP contribution in [0.3, 0.4) is 0 Å². The highest BCUT2D eigenvalue weighted by molar-refractivity contribution is 6.12. The molecule has 0 bridgehead atoms. The van der Waals surface area contributed by atoms with Crippen LogP contribution in [0.1, 0.15) is 28.9 Å². The van der Waals surface area contributed by atoms with E-state index in [9.17, 15) is 29.1 Å². The number of anilines is 2. The number of esters is 1. The number of aliphatic hydroxyl groups is 1. The van der Waals surface area contributed by atoms with Crippen LogP contribution in [0.25, 0.3) is 10.8 Å². The number of para-hydroxylation sites is 2. The molecule has 1 aromatic heterocycles. The topological polar surface area (TPSA) is 167 Å². The van der Waals surface area contributed by atoms with Gasteiger partial charge in [0, 0.05) is 11.6 Å². The highest BCUT2D eigenvalue weighted by atomic mass is 16.7. The summed E-state index contributed by atoms with van der Waals surface area (Å²) in [5, 5.41) is 16.4. The van der Waals surface area contributed by atoms with Crippen molar-refractivity contribution in [2.45, 2.75) is 37.8 Å². The van der Waals surface area contributed by atoms with Crippen LogP contribution in [0, 0.1) is 0 Å². The van der Waals surface area contributed by atoms with E-state index in [2.05, 4.69) is 15.6 Å². The number of nitrogens with zero attached hydrogens (tertiary/aromatic N) is 3. The molecule has 3 N–H and O–H groups in total. The Balaban J connectivity index is 1.26. The first-order valence-electron chi connectivity index (χ1n) is 15.4. The number of cyclic esters (lactones) is 1. The van der Waals surface area contributed by atoms with E-state index in [-0.39, 0.29) is 37.4 Å². The van der Waals surface area contributed by atoms with Crippen molar-refractivity contribution in [3.05, 3.63) is 102 Å². The van der Waals surface area contributed by atoms with E-state index in [1.165, 1.54) is 16.0 Å². The van der Waals surface area contributed by atoms with Gasteiger partial charge in [-0.2, -0.15) is 0 Å². The van der Waals surface area contributed by atoms with E-state index >= 15 is 0 Å². The maximum Gasteiger partial charge on any atom is 0.310 e. The fourth-order valence-corrected chi connectivity index (χ4v) is 5.80. The lowest BCUT2D eigenvalue weighted by Crippen LogP contribution is -2.55. The number of ether oxygens (including phenoxy) is 2. The molecular formula is C35H33N5O8. The molecule has 13 heteroatoms. The molecule has 246 valence electrons. The monoisotopic (exact) mass is 651 g/mol. The quantitative estimate of drug-likeness (QED) is 0.218. The number of amides is 4. The van der Waals surface area contributed by atoms with Gasteiger partial charge in [0.15, 0.2) is 0 Å². The van der Waals surface area contributed by atoms with E-state index in [1.807, 2.05) is 42.5 Å². The Kier molecular flexibility index (Phi) is 9.69. The third-order valence-electron chi connectivity index (χ3n) is 8.08. The lowest BCUT2D eigenvalue weighted by molar-refractivity contribution is -0.168. The Morgan fingerprint density at radius 1 is 0.917 bits per heavy atom. The first-order chi connectivity index (χ1) is 23.3. The van der Waals surface area contributed by atoms with Gasteiger partial charge in [0.25, 0.3) is 11.8 Å². The average molecular weight is 652 g/mol. The number of carbonyl (C=O) groups excluding carboxylic acids is 5. The Morgan fingerprint density at radius 2 is 1.65 bits per heavy atom. The third kappa shape index (κ3) is 7.01. The summed E-state index contributed by atoms with van der Waals surface area (Å²) in [5.41, 5.74) is 1.51. The smallest absolute Gasteiger partial charge is 0.310 e. The zero-order valence-corrected chi connectivity index (χ0v) is 25.8. The summed E-state index contributed by atoms with van der Waals surface area (Å²) in [6.07, 6.45) is 0.0924. The normalized spacial score (nSPS) is 19.0. The van der Waals surface area contributed by atoms with E-state index in [0.29, 0.717) is 11.1 Å². The molecule has 0 saturated carbocycles. The Morgan fingerprint density at radius 3 is 2.44 bits per heavy atom. The van der Waals surface area contributed by atoms with E-state index < -0.39 is 61.1 Å². The van der Waals surface area contributed by atoms with Crippen LogP contribution in [0.2, 0.25) is 0 Å². The Bertz CT molecular complexity index is 1850. The van der Waals surface area contributed by atoms with Crippen LogP contribution in [0.4, 0.5) is 11.4 Å². The number of benzene rings is 3. The van der Waals surface area contributed by atoms with Crippen molar-refractivity contribution in [2.24, 2.45) is 0 Å². The highest BCUT2D eigenvalue weighted by Crippen LogP contribution is 2.33. The SMILES string of the molecule is O=C(CN1C(=O)[C@@H](NC(=O)c2nccc3ccccc23)CN(C(=O)CCO)c2ccccc21)N[C@H]1CC(=O)OC1OCc1ccccc1. The minimum atomic E-state index is -1.29. The van der Waals surface area contributed by atoms with Gasteiger partial charge in [0.05, 0.1) is 44.0 Å². The Hall–Kier alpha value is -5.66. The van der Waals surface area contributed by atoms with E-state index in [1.54, 1.807) is 42.5 Å². The molecule has 0 spiro atoms. The molecule has 6 rings (SSSR count). The lowest BCUT2D eigenvalue weighted by atomic mass is 10.1. The molecule has 4 amide bonds. The van der Waals surface area contributed by atoms with Gasteiger partial charge in [-0.3, -0.25) is 33.9 Å². The van der Waals surface area contributed by atoms with Crippen LogP contribution < -0.4 is 20.4 Å². The van der Waals surface area contributed by atoms with Crippen molar-refractivity contribution < 1.29 is 38.6 Å². The van der Waals surface area contributed by atoms with Crippen LogP contribution in [-0.4, -0.2) is 77.8 Å². The molecule has 0 aliphatic carbocycles. The summed E-state index contributed by atoms with van der Waals surface area (Å²) < 4.78 is 11.1. The van der Waals surface area contributed by atoms with Gasteiger partial charge in [0.2, 0.25) is 18.1 Å². The summed E-state index contributed by atoms with van der Waals surface area (Å²) in [7, 11) is 0. The first-order valence-corrected chi connectivity index (χ1v) is 15.4.